The van der Waals surface area contributed by atoms with E-state index in [1.165, 1.54) is 10.9 Å². The molecule has 0 aliphatic heterocycles. The highest BCUT2D eigenvalue weighted by atomic mass is 16.3. The van der Waals surface area contributed by atoms with E-state index in [1.54, 1.807) is 0 Å². The van der Waals surface area contributed by atoms with Gasteiger partial charge in [-0.05, 0) is 31.7 Å². The minimum absolute atomic E-state index is 0.960. The summed E-state index contributed by atoms with van der Waals surface area (Å²) >= 11 is 0. The SMILES string of the molecule is CCNCCc1cc2cc(C)ccc2o1. The lowest BCUT2D eigenvalue weighted by atomic mass is 10.2. The van der Waals surface area contributed by atoms with E-state index in [0.717, 1.165) is 30.9 Å². The molecule has 1 aromatic carbocycles. The molecule has 2 heteroatoms. The first kappa shape index (κ1) is 10.2. The summed E-state index contributed by atoms with van der Waals surface area (Å²) in [5, 5.41) is 4.50. The molecule has 2 nitrogen and oxygen atoms in total. The first-order valence-electron chi connectivity index (χ1n) is 5.49. The Bertz CT molecular complexity index is 445. The fraction of sp³-hybridized carbons (Fsp3) is 0.385. The number of rotatable bonds is 4. The summed E-state index contributed by atoms with van der Waals surface area (Å²) < 4.78 is 5.73. The molecule has 0 saturated heterocycles. The van der Waals surface area contributed by atoms with Crippen LogP contribution >= 0.6 is 0 Å². The van der Waals surface area contributed by atoms with Gasteiger partial charge in [-0.25, -0.2) is 0 Å². The van der Waals surface area contributed by atoms with Crippen LogP contribution in [0, 0.1) is 6.92 Å². The number of nitrogens with one attached hydrogen (secondary N) is 1. The third-order valence-electron chi connectivity index (χ3n) is 2.52. The van der Waals surface area contributed by atoms with Gasteiger partial charge in [0.25, 0.3) is 0 Å². The number of hydrogen-bond donors (Lipinski definition) is 1. The highest BCUT2D eigenvalue weighted by Crippen LogP contribution is 2.20. The predicted octanol–water partition coefficient (Wildman–Crippen LogP) is 2.89. The van der Waals surface area contributed by atoms with Gasteiger partial charge < -0.3 is 9.73 Å². The van der Waals surface area contributed by atoms with E-state index >= 15 is 0 Å². The van der Waals surface area contributed by atoms with Gasteiger partial charge in [0, 0.05) is 18.4 Å². The maximum atomic E-state index is 5.73. The van der Waals surface area contributed by atoms with Crippen LogP contribution in [0.1, 0.15) is 18.2 Å². The van der Waals surface area contributed by atoms with E-state index in [9.17, 15) is 0 Å². The van der Waals surface area contributed by atoms with Gasteiger partial charge >= 0.3 is 0 Å². The molecule has 0 radical (unpaired) electrons. The molecule has 0 atom stereocenters. The summed E-state index contributed by atoms with van der Waals surface area (Å²) in [5.41, 5.74) is 2.27. The average molecular weight is 203 g/mol. The smallest absolute Gasteiger partial charge is 0.134 e. The third kappa shape index (κ3) is 2.39. The van der Waals surface area contributed by atoms with E-state index in [0.29, 0.717) is 0 Å². The van der Waals surface area contributed by atoms with Crippen LogP contribution in [0.2, 0.25) is 0 Å². The molecule has 0 spiro atoms. The van der Waals surface area contributed by atoms with Gasteiger partial charge in [0.2, 0.25) is 0 Å². The third-order valence-corrected chi connectivity index (χ3v) is 2.52. The van der Waals surface area contributed by atoms with Crippen LogP contribution in [-0.4, -0.2) is 13.1 Å². The Kier molecular flexibility index (Phi) is 3.07. The number of fused-ring (bicyclic) bond motifs is 1. The fourth-order valence-corrected chi connectivity index (χ4v) is 1.73. The number of aryl methyl sites for hydroxylation is 1. The molecule has 15 heavy (non-hydrogen) atoms. The molecule has 0 aliphatic carbocycles. The van der Waals surface area contributed by atoms with Crippen molar-refractivity contribution in [2.45, 2.75) is 20.3 Å². The second-order valence-electron chi connectivity index (χ2n) is 3.86. The molecule has 0 saturated carbocycles. The Morgan fingerprint density at radius 3 is 2.93 bits per heavy atom. The van der Waals surface area contributed by atoms with E-state index in [1.807, 2.05) is 6.07 Å². The van der Waals surface area contributed by atoms with Crippen molar-refractivity contribution >= 4 is 11.0 Å². The lowest BCUT2D eigenvalue weighted by Gasteiger charge is -1.96. The molecule has 0 aliphatic rings. The highest BCUT2D eigenvalue weighted by Gasteiger charge is 2.02. The quantitative estimate of drug-likeness (QED) is 0.773. The molecule has 80 valence electrons. The maximum absolute atomic E-state index is 5.73. The standard InChI is InChI=1S/C13H17NO/c1-3-14-7-6-12-9-11-8-10(2)4-5-13(11)15-12/h4-5,8-9,14H,3,6-7H2,1-2H3. The maximum Gasteiger partial charge on any atom is 0.134 e. The normalized spacial score (nSPS) is 11.1. The fourth-order valence-electron chi connectivity index (χ4n) is 1.73. The molecule has 0 amide bonds. The Morgan fingerprint density at radius 1 is 1.27 bits per heavy atom. The van der Waals surface area contributed by atoms with Crippen molar-refractivity contribution in [3.8, 4) is 0 Å². The van der Waals surface area contributed by atoms with Gasteiger partial charge in [-0.2, -0.15) is 0 Å². The molecular weight excluding hydrogens is 186 g/mol. The molecule has 0 unspecified atom stereocenters. The Balaban J connectivity index is 2.16. The number of hydrogen-bond acceptors (Lipinski definition) is 2. The van der Waals surface area contributed by atoms with E-state index in [-0.39, 0.29) is 0 Å². The summed E-state index contributed by atoms with van der Waals surface area (Å²) in [5.74, 6) is 1.07. The van der Waals surface area contributed by atoms with Gasteiger partial charge in [-0.15, -0.1) is 0 Å². The van der Waals surface area contributed by atoms with Crippen LogP contribution in [0.4, 0.5) is 0 Å². The number of likely N-dealkylation sites (N-methyl/N-ethyl adjacent to an activating group) is 1. The zero-order valence-corrected chi connectivity index (χ0v) is 9.34. The summed E-state index contributed by atoms with van der Waals surface area (Å²) in [6.45, 7) is 6.21. The zero-order valence-electron chi connectivity index (χ0n) is 9.34. The molecule has 0 fully saturated rings. The summed E-state index contributed by atoms with van der Waals surface area (Å²) in [4.78, 5) is 0. The van der Waals surface area contributed by atoms with Crippen molar-refractivity contribution in [3.63, 3.8) is 0 Å². The minimum Gasteiger partial charge on any atom is -0.461 e. The van der Waals surface area contributed by atoms with Crippen LogP contribution < -0.4 is 5.32 Å². The molecular formula is C13H17NO. The van der Waals surface area contributed by atoms with Crippen molar-refractivity contribution in [2.75, 3.05) is 13.1 Å². The van der Waals surface area contributed by atoms with E-state index in [4.69, 9.17) is 4.42 Å². The zero-order chi connectivity index (χ0) is 10.7. The van der Waals surface area contributed by atoms with E-state index < -0.39 is 0 Å². The summed E-state index contributed by atoms with van der Waals surface area (Å²) in [6.07, 6.45) is 0.960. The lowest BCUT2D eigenvalue weighted by molar-refractivity contribution is 0.536. The van der Waals surface area contributed by atoms with Crippen LogP contribution in [0.15, 0.2) is 28.7 Å². The Morgan fingerprint density at radius 2 is 2.13 bits per heavy atom. The van der Waals surface area contributed by atoms with Gasteiger partial charge in [-0.1, -0.05) is 18.6 Å². The molecule has 0 bridgehead atoms. The average Bonchev–Trinajstić information content (AvgIpc) is 2.60. The first-order chi connectivity index (χ1) is 7.29. The van der Waals surface area contributed by atoms with Gasteiger partial charge in [0.05, 0.1) is 0 Å². The van der Waals surface area contributed by atoms with Crippen molar-refractivity contribution in [3.05, 3.63) is 35.6 Å². The lowest BCUT2D eigenvalue weighted by Crippen LogP contribution is -2.15. The van der Waals surface area contributed by atoms with Crippen molar-refractivity contribution in [1.29, 1.82) is 0 Å². The van der Waals surface area contributed by atoms with Crippen LogP contribution in [0.3, 0.4) is 0 Å². The summed E-state index contributed by atoms with van der Waals surface area (Å²) in [7, 11) is 0. The first-order valence-corrected chi connectivity index (χ1v) is 5.49. The van der Waals surface area contributed by atoms with Crippen LogP contribution in [-0.2, 0) is 6.42 Å². The molecule has 2 rings (SSSR count). The Hall–Kier alpha value is -1.28. The van der Waals surface area contributed by atoms with Crippen molar-refractivity contribution < 1.29 is 4.42 Å². The summed E-state index contributed by atoms with van der Waals surface area (Å²) in [6, 6.07) is 8.43. The van der Waals surface area contributed by atoms with Gasteiger partial charge in [0.1, 0.15) is 11.3 Å². The number of furan rings is 1. The monoisotopic (exact) mass is 203 g/mol. The number of benzene rings is 1. The second-order valence-corrected chi connectivity index (χ2v) is 3.86. The molecule has 1 heterocycles. The van der Waals surface area contributed by atoms with Crippen LogP contribution in [0.25, 0.3) is 11.0 Å². The van der Waals surface area contributed by atoms with Gasteiger partial charge in [-0.3, -0.25) is 0 Å². The molecule has 1 aromatic heterocycles. The van der Waals surface area contributed by atoms with Crippen molar-refractivity contribution in [1.82, 2.24) is 5.32 Å². The second kappa shape index (κ2) is 4.49. The van der Waals surface area contributed by atoms with Gasteiger partial charge in [0.15, 0.2) is 0 Å². The highest BCUT2D eigenvalue weighted by molar-refractivity contribution is 5.78. The van der Waals surface area contributed by atoms with E-state index in [2.05, 4.69) is 37.4 Å². The Labute approximate surface area is 90.3 Å². The topological polar surface area (TPSA) is 25.2 Å². The van der Waals surface area contributed by atoms with Crippen LogP contribution in [0.5, 0.6) is 0 Å². The van der Waals surface area contributed by atoms with Crippen molar-refractivity contribution in [2.24, 2.45) is 0 Å². The predicted molar refractivity (Wildman–Crippen MR) is 63.2 cm³/mol. The molecule has 2 aromatic rings. The minimum atomic E-state index is 0.960. The molecule has 1 N–H and O–H groups in total. The largest absolute Gasteiger partial charge is 0.461 e.